The molecule has 35 heavy (non-hydrogen) atoms. The molecule has 0 aliphatic carbocycles. The van der Waals surface area contributed by atoms with Gasteiger partial charge in [-0.1, -0.05) is 30.7 Å². The first-order valence-electron chi connectivity index (χ1n) is 11.2. The first-order valence-corrected chi connectivity index (χ1v) is 11.6. The quantitative estimate of drug-likeness (QED) is 0.383. The molecule has 0 bridgehead atoms. The number of halogens is 2. The first kappa shape index (κ1) is 24.3. The van der Waals surface area contributed by atoms with Gasteiger partial charge in [-0.05, 0) is 67.8 Å². The third-order valence-electron chi connectivity index (χ3n) is 6.30. The van der Waals surface area contributed by atoms with Crippen molar-refractivity contribution in [1.82, 2.24) is 15.1 Å². The van der Waals surface area contributed by atoms with Crippen LogP contribution in [0.3, 0.4) is 0 Å². The highest BCUT2D eigenvalue weighted by molar-refractivity contribution is 6.31. The molecule has 2 N–H and O–H groups in total. The average Bonchev–Trinajstić information content (AvgIpc) is 3.12. The van der Waals surface area contributed by atoms with Gasteiger partial charge in [0.2, 0.25) is 17.7 Å². The molecule has 9 heteroatoms. The zero-order valence-corrected chi connectivity index (χ0v) is 20.0. The number of aryl methyl sites for hydroxylation is 1. The summed E-state index contributed by atoms with van der Waals surface area (Å²) in [6.45, 7) is 3.68. The number of benzene rings is 2. The highest BCUT2D eigenvalue weighted by Crippen LogP contribution is 2.36. The molecule has 7 nitrogen and oxygen atoms in total. The molecule has 3 amide bonds. The molecule has 1 saturated heterocycles. The van der Waals surface area contributed by atoms with Crippen molar-refractivity contribution < 1.29 is 18.8 Å². The van der Waals surface area contributed by atoms with E-state index in [0.717, 1.165) is 5.56 Å². The average molecular weight is 495 g/mol. The Morgan fingerprint density at radius 3 is 2.51 bits per heavy atom. The lowest BCUT2D eigenvalue weighted by Crippen LogP contribution is -2.51. The maximum absolute atomic E-state index is 13.2. The molecule has 180 valence electrons. The predicted octanol–water partition coefficient (Wildman–Crippen LogP) is 4.71. The maximum atomic E-state index is 13.2. The van der Waals surface area contributed by atoms with E-state index in [1.165, 1.54) is 22.9 Å². The van der Waals surface area contributed by atoms with Crippen molar-refractivity contribution in [2.75, 3.05) is 5.32 Å². The Morgan fingerprint density at radius 1 is 1.20 bits per heavy atom. The van der Waals surface area contributed by atoms with E-state index < -0.39 is 5.41 Å². The fraction of sp³-hybridized carbons (Fsp3) is 0.231. The van der Waals surface area contributed by atoms with Gasteiger partial charge in [-0.3, -0.25) is 19.7 Å². The van der Waals surface area contributed by atoms with E-state index in [1.807, 2.05) is 6.92 Å². The summed E-state index contributed by atoms with van der Waals surface area (Å²) in [5.74, 6) is -1.27. The zero-order chi connectivity index (χ0) is 25.2. The van der Waals surface area contributed by atoms with Crippen LogP contribution in [0.4, 0.5) is 10.1 Å². The molecule has 0 radical (unpaired) electrons. The van der Waals surface area contributed by atoms with Crippen molar-refractivity contribution in [1.29, 1.82) is 0 Å². The minimum atomic E-state index is -0.755. The van der Waals surface area contributed by atoms with E-state index >= 15 is 0 Å². The van der Waals surface area contributed by atoms with Gasteiger partial charge in [0.25, 0.3) is 0 Å². The maximum Gasteiger partial charge on any atom is 0.248 e. The van der Waals surface area contributed by atoms with E-state index in [-0.39, 0.29) is 23.5 Å². The van der Waals surface area contributed by atoms with Gasteiger partial charge in [0.1, 0.15) is 11.0 Å². The molecule has 1 atom stereocenters. The summed E-state index contributed by atoms with van der Waals surface area (Å²) >= 11 is 6.46. The molecule has 1 aliphatic heterocycles. The van der Waals surface area contributed by atoms with Gasteiger partial charge >= 0.3 is 0 Å². The second-order valence-corrected chi connectivity index (χ2v) is 8.75. The van der Waals surface area contributed by atoms with Gasteiger partial charge in [0, 0.05) is 23.7 Å². The normalized spacial score (nSPS) is 18.1. The first-order chi connectivity index (χ1) is 16.7. The van der Waals surface area contributed by atoms with Crippen molar-refractivity contribution in [3.63, 3.8) is 0 Å². The number of carbonyl (C=O) groups excluding carboxylic acids is 3. The van der Waals surface area contributed by atoms with Crippen molar-refractivity contribution in [3.8, 4) is 5.69 Å². The summed E-state index contributed by atoms with van der Waals surface area (Å²) in [7, 11) is 0. The fourth-order valence-corrected chi connectivity index (χ4v) is 4.57. The predicted molar refractivity (Wildman–Crippen MR) is 132 cm³/mol. The monoisotopic (exact) mass is 494 g/mol. The molecule has 1 aromatic heterocycles. The van der Waals surface area contributed by atoms with Gasteiger partial charge in [-0.25, -0.2) is 9.07 Å². The van der Waals surface area contributed by atoms with E-state index in [9.17, 15) is 18.8 Å². The number of amides is 3. The molecular formula is C26H24ClFN4O3. The molecule has 1 aliphatic rings. The van der Waals surface area contributed by atoms with Crippen LogP contribution in [-0.4, -0.2) is 27.5 Å². The highest BCUT2D eigenvalue weighted by Gasteiger charge is 2.42. The summed E-state index contributed by atoms with van der Waals surface area (Å²) in [5, 5.41) is 9.89. The number of anilines is 1. The summed E-state index contributed by atoms with van der Waals surface area (Å²) < 4.78 is 14.7. The zero-order valence-electron chi connectivity index (χ0n) is 19.3. The number of piperidine rings is 1. The number of rotatable bonds is 6. The second-order valence-electron chi connectivity index (χ2n) is 8.39. The SMILES string of the molecule is CCC1(c2ccc(NC(=O)C=Cc3c(C)nn(-c4ccc(F)cc4)c3Cl)cc2)CCC(=O)NC1=O. The number of carbonyl (C=O) groups is 3. The van der Waals surface area contributed by atoms with Crippen LogP contribution < -0.4 is 10.6 Å². The van der Waals surface area contributed by atoms with Crippen LogP contribution in [0, 0.1) is 12.7 Å². The minimum Gasteiger partial charge on any atom is -0.323 e. The van der Waals surface area contributed by atoms with Crippen LogP contribution in [0.15, 0.2) is 54.6 Å². The molecule has 3 aromatic rings. The van der Waals surface area contributed by atoms with Crippen LogP contribution >= 0.6 is 11.6 Å². The molecule has 2 aromatic carbocycles. The van der Waals surface area contributed by atoms with Crippen LogP contribution in [0.1, 0.15) is 43.0 Å². The Labute approximate surface area is 207 Å². The third-order valence-corrected chi connectivity index (χ3v) is 6.66. The summed E-state index contributed by atoms with van der Waals surface area (Å²) in [6.07, 6.45) is 4.24. The van der Waals surface area contributed by atoms with Crippen LogP contribution in [-0.2, 0) is 19.8 Å². The molecule has 0 saturated carbocycles. The standard InChI is InChI=1S/C26H24ClFN4O3/c1-3-26(15-14-23(34)30-25(26)35)17-4-8-19(9-5-17)29-22(33)13-12-21-16(2)31-32(24(21)27)20-10-6-18(28)7-11-20/h4-13H,3,14-15H2,1-2H3,(H,29,33)(H,30,34,35). The Kier molecular flexibility index (Phi) is 6.84. The van der Waals surface area contributed by atoms with Crippen LogP contribution in [0.2, 0.25) is 5.15 Å². The van der Waals surface area contributed by atoms with Gasteiger partial charge in [-0.2, -0.15) is 5.10 Å². The number of nitrogens with zero attached hydrogens (tertiary/aromatic N) is 2. The van der Waals surface area contributed by atoms with Crippen molar-refractivity contribution in [3.05, 3.63) is 82.4 Å². The molecule has 0 spiro atoms. The lowest BCUT2D eigenvalue weighted by atomic mass is 9.72. The number of imide groups is 1. The molecule has 1 unspecified atom stereocenters. The summed E-state index contributed by atoms with van der Waals surface area (Å²) in [6, 6.07) is 12.8. The Hall–Kier alpha value is -3.78. The Bertz CT molecular complexity index is 1320. The number of hydrogen-bond donors (Lipinski definition) is 2. The fourth-order valence-electron chi connectivity index (χ4n) is 4.24. The van der Waals surface area contributed by atoms with Crippen molar-refractivity contribution in [2.24, 2.45) is 0 Å². The van der Waals surface area contributed by atoms with E-state index in [2.05, 4.69) is 15.7 Å². The summed E-state index contributed by atoms with van der Waals surface area (Å²) in [4.78, 5) is 36.6. The van der Waals surface area contributed by atoms with Gasteiger partial charge in [0.05, 0.1) is 16.8 Å². The topological polar surface area (TPSA) is 93.1 Å². The van der Waals surface area contributed by atoms with Crippen molar-refractivity contribution >= 4 is 41.1 Å². The minimum absolute atomic E-state index is 0.256. The lowest BCUT2D eigenvalue weighted by molar-refractivity contribution is -0.138. The number of aromatic nitrogens is 2. The van der Waals surface area contributed by atoms with Gasteiger partial charge in [-0.15, -0.1) is 0 Å². The largest absolute Gasteiger partial charge is 0.323 e. The smallest absolute Gasteiger partial charge is 0.248 e. The second kappa shape index (κ2) is 9.84. The number of hydrogen-bond acceptors (Lipinski definition) is 4. The highest BCUT2D eigenvalue weighted by atomic mass is 35.5. The van der Waals surface area contributed by atoms with Gasteiger partial charge in [0.15, 0.2) is 0 Å². The Balaban J connectivity index is 1.46. The Morgan fingerprint density at radius 2 is 1.89 bits per heavy atom. The van der Waals surface area contributed by atoms with Crippen molar-refractivity contribution in [2.45, 2.75) is 38.5 Å². The van der Waals surface area contributed by atoms with E-state index in [1.54, 1.807) is 49.4 Å². The third kappa shape index (κ3) is 4.88. The van der Waals surface area contributed by atoms with E-state index in [4.69, 9.17) is 11.6 Å². The summed E-state index contributed by atoms with van der Waals surface area (Å²) in [5.41, 5.74) is 2.39. The number of nitrogens with one attached hydrogen (secondary N) is 2. The molecular weight excluding hydrogens is 471 g/mol. The molecule has 2 heterocycles. The van der Waals surface area contributed by atoms with Crippen LogP contribution in [0.5, 0.6) is 0 Å². The van der Waals surface area contributed by atoms with Gasteiger partial charge < -0.3 is 5.32 Å². The lowest BCUT2D eigenvalue weighted by Gasteiger charge is -2.35. The molecule has 4 rings (SSSR count). The van der Waals surface area contributed by atoms with E-state index in [0.29, 0.717) is 47.0 Å². The van der Waals surface area contributed by atoms with Crippen LogP contribution in [0.25, 0.3) is 11.8 Å². The molecule has 1 fully saturated rings.